The molecule has 6 heteroatoms. The normalized spacial score (nSPS) is 29.5. The number of nitrogens with zero attached hydrogens (tertiary/aromatic N) is 4. The Morgan fingerprint density at radius 3 is 2.65 bits per heavy atom. The Bertz CT molecular complexity index is 842. The van der Waals surface area contributed by atoms with Crippen molar-refractivity contribution >= 4 is 12.0 Å². The lowest BCUT2D eigenvalue weighted by molar-refractivity contribution is -0.0829. The zero-order valence-electron chi connectivity index (χ0n) is 15.0. The van der Waals surface area contributed by atoms with Crippen molar-refractivity contribution in [3.63, 3.8) is 0 Å². The quantitative estimate of drug-likeness (QED) is 0.903. The molecule has 3 saturated heterocycles. The van der Waals surface area contributed by atoms with Crippen LogP contribution in [0.2, 0.25) is 0 Å². The number of aliphatic imine (C=N–C) groups is 1. The van der Waals surface area contributed by atoms with Crippen LogP contribution < -0.4 is 5.32 Å². The van der Waals surface area contributed by atoms with Gasteiger partial charge >= 0.3 is 0 Å². The molecule has 134 valence electrons. The highest BCUT2D eigenvalue weighted by molar-refractivity contribution is 5.88. The van der Waals surface area contributed by atoms with E-state index in [2.05, 4.69) is 50.3 Å². The number of aromatic nitrogens is 2. The standard InChI is InChI=1S/C20H23N5O/c1-14-3-2-4-15(9-14)16-10-21-18(22-11-16)24-19-23-12-20(26-19)13-25-7-5-17(20)6-8-25/h2-4,9-11,17H,5-8,12-13H2,1H3,(H,21,22,23,24)/t20-/m1/s1. The Kier molecular flexibility index (Phi) is 3.67. The second kappa shape index (κ2) is 6.06. The smallest absolute Gasteiger partial charge is 0.292 e. The first-order valence-corrected chi connectivity index (χ1v) is 9.32. The van der Waals surface area contributed by atoms with Crippen molar-refractivity contribution < 1.29 is 4.74 Å². The van der Waals surface area contributed by atoms with E-state index in [0.717, 1.165) is 24.2 Å². The summed E-state index contributed by atoms with van der Waals surface area (Å²) in [5, 5.41) is 3.15. The lowest BCUT2D eigenvalue weighted by Gasteiger charge is -2.50. The van der Waals surface area contributed by atoms with Gasteiger partial charge in [-0.3, -0.25) is 10.2 Å². The third-order valence-corrected chi connectivity index (χ3v) is 5.84. The van der Waals surface area contributed by atoms with E-state index in [4.69, 9.17) is 4.74 Å². The molecule has 1 spiro atoms. The highest BCUT2D eigenvalue weighted by atomic mass is 16.5. The maximum atomic E-state index is 6.28. The van der Waals surface area contributed by atoms with Crippen molar-refractivity contribution in [1.29, 1.82) is 0 Å². The molecule has 26 heavy (non-hydrogen) atoms. The summed E-state index contributed by atoms with van der Waals surface area (Å²) in [6.07, 6.45) is 6.10. The fourth-order valence-electron chi connectivity index (χ4n) is 4.41. The second-order valence-electron chi connectivity index (χ2n) is 7.63. The number of piperidine rings is 3. The third kappa shape index (κ3) is 2.74. The van der Waals surface area contributed by atoms with Crippen LogP contribution in [-0.2, 0) is 4.74 Å². The van der Waals surface area contributed by atoms with Gasteiger partial charge in [-0.1, -0.05) is 29.8 Å². The molecule has 0 unspecified atom stereocenters. The number of anilines is 1. The van der Waals surface area contributed by atoms with E-state index in [9.17, 15) is 0 Å². The number of rotatable bonds is 2. The summed E-state index contributed by atoms with van der Waals surface area (Å²) in [5.41, 5.74) is 3.21. The fraction of sp³-hybridized carbons (Fsp3) is 0.450. The van der Waals surface area contributed by atoms with Crippen LogP contribution in [0.5, 0.6) is 0 Å². The van der Waals surface area contributed by atoms with Crippen LogP contribution in [0.4, 0.5) is 5.95 Å². The molecule has 4 aliphatic rings. The minimum absolute atomic E-state index is 0.139. The number of hydrogen-bond acceptors (Lipinski definition) is 6. The van der Waals surface area contributed by atoms with Crippen LogP contribution in [0.25, 0.3) is 11.1 Å². The van der Waals surface area contributed by atoms with Gasteiger partial charge in [0.15, 0.2) is 0 Å². The van der Waals surface area contributed by atoms with Gasteiger partial charge in [0.2, 0.25) is 5.95 Å². The van der Waals surface area contributed by atoms with Gasteiger partial charge in [0, 0.05) is 30.4 Å². The monoisotopic (exact) mass is 349 g/mol. The molecule has 2 bridgehead atoms. The van der Waals surface area contributed by atoms with Crippen molar-refractivity contribution in [2.45, 2.75) is 25.4 Å². The Labute approximate surface area is 153 Å². The van der Waals surface area contributed by atoms with Gasteiger partial charge in [0.1, 0.15) is 5.60 Å². The fourth-order valence-corrected chi connectivity index (χ4v) is 4.41. The predicted molar refractivity (Wildman–Crippen MR) is 101 cm³/mol. The van der Waals surface area contributed by atoms with E-state index in [1.807, 2.05) is 18.5 Å². The molecule has 1 atom stereocenters. The topological polar surface area (TPSA) is 62.6 Å². The van der Waals surface area contributed by atoms with Gasteiger partial charge < -0.3 is 4.74 Å². The SMILES string of the molecule is Cc1cccc(-c2cnc(NC3=NC[C@]4(CN5CCC4CC5)O3)nc2)c1. The minimum atomic E-state index is -0.139. The highest BCUT2D eigenvalue weighted by Gasteiger charge is 2.51. The molecule has 5 heterocycles. The molecule has 1 aromatic heterocycles. The van der Waals surface area contributed by atoms with Crippen LogP contribution in [0.3, 0.4) is 0 Å². The van der Waals surface area contributed by atoms with Gasteiger partial charge in [-0.15, -0.1) is 0 Å². The number of ether oxygens (including phenoxy) is 1. The molecule has 6 nitrogen and oxygen atoms in total. The van der Waals surface area contributed by atoms with Crippen molar-refractivity contribution in [2.75, 3.05) is 31.5 Å². The van der Waals surface area contributed by atoms with E-state index < -0.39 is 0 Å². The maximum absolute atomic E-state index is 6.28. The average Bonchev–Trinajstić information content (AvgIpc) is 3.05. The Balaban J connectivity index is 1.27. The second-order valence-corrected chi connectivity index (χ2v) is 7.63. The third-order valence-electron chi connectivity index (χ3n) is 5.84. The Morgan fingerprint density at radius 1 is 1.15 bits per heavy atom. The van der Waals surface area contributed by atoms with E-state index in [1.165, 1.54) is 31.5 Å². The van der Waals surface area contributed by atoms with Gasteiger partial charge in [-0.05, 0) is 38.4 Å². The van der Waals surface area contributed by atoms with Gasteiger partial charge in [0.25, 0.3) is 6.02 Å². The minimum Gasteiger partial charge on any atom is -0.455 e. The summed E-state index contributed by atoms with van der Waals surface area (Å²) in [5.74, 6) is 1.14. The summed E-state index contributed by atoms with van der Waals surface area (Å²) in [6, 6.07) is 8.89. The number of nitrogens with one attached hydrogen (secondary N) is 1. The van der Waals surface area contributed by atoms with E-state index in [1.54, 1.807) is 0 Å². The van der Waals surface area contributed by atoms with Crippen molar-refractivity contribution in [3.8, 4) is 11.1 Å². The number of aryl methyl sites for hydroxylation is 1. The predicted octanol–water partition coefficient (Wildman–Crippen LogP) is 2.71. The molecule has 1 N–H and O–H groups in total. The number of fused-ring (bicyclic) bond motifs is 2. The average molecular weight is 349 g/mol. The zero-order chi connectivity index (χ0) is 17.6. The molecule has 0 amide bonds. The molecule has 1 aromatic carbocycles. The Morgan fingerprint density at radius 2 is 1.96 bits per heavy atom. The number of amidine groups is 1. The molecular weight excluding hydrogens is 326 g/mol. The van der Waals surface area contributed by atoms with Crippen LogP contribution in [0, 0.1) is 12.8 Å². The van der Waals surface area contributed by atoms with Crippen molar-refractivity contribution in [1.82, 2.24) is 14.9 Å². The number of hydrogen-bond donors (Lipinski definition) is 1. The Hall–Kier alpha value is -2.47. The zero-order valence-corrected chi connectivity index (χ0v) is 15.0. The summed E-state index contributed by atoms with van der Waals surface area (Å²) < 4.78 is 6.28. The summed E-state index contributed by atoms with van der Waals surface area (Å²) in [4.78, 5) is 16.0. The van der Waals surface area contributed by atoms with Crippen LogP contribution >= 0.6 is 0 Å². The van der Waals surface area contributed by atoms with Crippen LogP contribution in [0.1, 0.15) is 18.4 Å². The molecule has 2 aromatic rings. The molecule has 0 aliphatic carbocycles. The molecule has 6 rings (SSSR count). The maximum Gasteiger partial charge on any atom is 0.292 e. The summed E-state index contributed by atoms with van der Waals surface area (Å²) in [7, 11) is 0. The van der Waals surface area contributed by atoms with Crippen LogP contribution in [0.15, 0.2) is 41.7 Å². The molecule has 0 radical (unpaired) electrons. The van der Waals surface area contributed by atoms with E-state index >= 15 is 0 Å². The van der Waals surface area contributed by atoms with Crippen molar-refractivity contribution in [2.24, 2.45) is 10.9 Å². The number of benzene rings is 1. The van der Waals surface area contributed by atoms with Gasteiger partial charge in [0.05, 0.1) is 6.54 Å². The lowest BCUT2D eigenvalue weighted by Crippen LogP contribution is -2.61. The summed E-state index contributed by atoms with van der Waals surface area (Å²) in [6.45, 7) is 6.20. The molecule has 4 aliphatic heterocycles. The van der Waals surface area contributed by atoms with Crippen molar-refractivity contribution in [3.05, 3.63) is 42.2 Å². The van der Waals surface area contributed by atoms with Crippen LogP contribution in [-0.4, -0.2) is 52.7 Å². The molecule has 3 fully saturated rings. The largest absolute Gasteiger partial charge is 0.455 e. The lowest BCUT2D eigenvalue weighted by atomic mass is 9.75. The van der Waals surface area contributed by atoms with Gasteiger partial charge in [-0.2, -0.15) is 0 Å². The van der Waals surface area contributed by atoms with E-state index in [-0.39, 0.29) is 5.60 Å². The highest BCUT2D eigenvalue weighted by Crippen LogP contribution is 2.40. The van der Waals surface area contributed by atoms with E-state index in [0.29, 0.717) is 17.9 Å². The molecule has 0 saturated carbocycles. The first-order valence-electron chi connectivity index (χ1n) is 9.32. The summed E-state index contributed by atoms with van der Waals surface area (Å²) >= 11 is 0. The molecular formula is C20H23N5O. The first kappa shape index (κ1) is 15.8. The van der Waals surface area contributed by atoms with Gasteiger partial charge in [-0.25, -0.2) is 15.0 Å². The first-order chi connectivity index (χ1) is 12.7.